The van der Waals surface area contributed by atoms with E-state index in [1.54, 1.807) is 0 Å². The Morgan fingerprint density at radius 2 is 1.78 bits per heavy atom. The van der Waals surface area contributed by atoms with Crippen molar-refractivity contribution in [1.29, 1.82) is 0 Å². The fraction of sp³-hybridized carbons (Fsp3) is 0.875. The predicted molar refractivity (Wildman–Crippen MR) is 78.9 cm³/mol. The molecule has 2 saturated heterocycles. The molecule has 0 aromatic heterocycles. The predicted octanol–water partition coefficient (Wildman–Crippen LogP) is 3.15. The summed E-state index contributed by atoms with van der Waals surface area (Å²) in [5.41, 5.74) is 2.00. The topological polar surface area (TPSA) is 6.48 Å². The molecule has 1 spiro atoms. The quantitative estimate of drug-likeness (QED) is 0.528. The lowest BCUT2D eigenvalue weighted by Gasteiger charge is -2.54. The van der Waals surface area contributed by atoms with Gasteiger partial charge in [0.05, 0.1) is 0 Å². The van der Waals surface area contributed by atoms with Crippen molar-refractivity contribution in [2.75, 3.05) is 39.3 Å². The van der Waals surface area contributed by atoms with Crippen molar-refractivity contribution >= 4 is 0 Å². The van der Waals surface area contributed by atoms with Gasteiger partial charge < -0.3 is 4.90 Å². The van der Waals surface area contributed by atoms with E-state index in [2.05, 4.69) is 30.2 Å². The molecule has 2 heteroatoms. The first-order chi connectivity index (χ1) is 8.63. The van der Waals surface area contributed by atoms with Crippen molar-refractivity contribution in [3.63, 3.8) is 0 Å². The maximum absolute atomic E-state index is 4.02. The van der Waals surface area contributed by atoms with Gasteiger partial charge >= 0.3 is 0 Å². The molecule has 2 nitrogen and oxygen atoms in total. The highest BCUT2D eigenvalue weighted by atomic mass is 15.2. The molecule has 2 aliphatic heterocycles. The highest BCUT2D eigenvalue weighted by Crippen LogP contribution is 2.40. The van der Waals surface area contributed by atoms with Crippen LogP contribution in [0.1, 0.15) is 46.0 Å². The van der Waals surface area contributed by atoms with Crippen molar-refractivity contribution in [2.24, 2.45) is 5.41 Å². The fourth-order valence-electron chi connectivity index (χ4n) is 3.53. The zero-order valence-electron chi connectivity index (χ0n) is 12.4. The van der Waals surface area contributed by atoms with E-state index in [4.69, 9.17) is 0 Å². The second-order valence-corrected chi connectivity index (χ2v) is 6.65. The smallest absolute Gasteiger partial charge is 0.0187 e. The third kappa shape index (κ3) is 3.58. The molecule has 104 valence electrons. The summed E-state index contributed by atoms with van der Waals surface area (Å²) in [6.07, 6.45) is 6.95. The molecule has 0 saturated carbocycles. The Labute approximate surface area is 113 Å². The van der Waals surface area contributed by atoms with Gasteiger partial charge in [-0.05, 0) is 51.2 Å². The molecule has 0 aromatic carbocycles. The Hall–Kier alpha value is -0.340. The molecule has 0 bridgehead atoms. The van der Waals surface area contributed by atoms with Gasteiger partial charge in [0.1, 0.15) is 0 Å². The van der Waals surface area contributed by atoms with Crippen LogP contribution in [0.2, 0.25) is 0 Å². The summed E-state index contributed by atoms with van der Waals surface area (Å²) in [7, 11) is 0. The highest BCUT2D eigenvalue weighted by molar-refractivity contribution is 5.00. The normalized spacial score (nSPS) is 24.1. The maximum Gasteiger partial charge on any atom is 0.0187 e. The molecule has 0 radical (unpaired) electrons. The molecule has 2 heterocycles. The van der Waals surface area contributed by atoms with Crippen LogP contribution in [0, 0.1) is 5.41 Å². The van der Waals surface area contributed by atoms with Crippen LogP contribution < -0.4 is 0 Å². The molecular weight excluding hydrogens is 220 g/mol. The molecule has 0 amide bonds. The first-order valence-electron chi connectivity index (χ1n) is 7.73. The third-order valence-electron chi connectivity index (χ3n) is 4.61. The minimum absolute atomic E-state index is 0.692. The largest absolute Gasteiger partial charge is 0.302 e. The maximum atomic E-state index is 4.02. The molecule has 0 atom stereocenters. The zero-order chi connectivity index (χ0) is 13.0. The van der Waals surface area contributed by atoms with Crippen LogP contribution in [-0.2, 0) is 0 Å². The number of likely N-dealkylation sites (tertiary alicyclic amines) is 2. The average Bonchev–Trinajstić information content (AvgIpc) is 2.29. The van der Waals surface area contributed by atoms with Gasteiger partial charge in [0.25, 0.3) is 0 Å². The summed E-state index contributed by atoms with van der Waals surface area (Å²) >= 11 is 0. The van der Waals surface area contributed by atoms with E-state index in [1.165, 1.54) is 70.4 Å². The fourth-order valence-corrected chi connectivity index (χ4v) is 3.53. The van der Waals surface area contributed by atoms with Crippen LogP contribution in [0.4, 0.5) is 0 Å². The van der Waals surface area contributed by atoms with Crippen molar-refractivity contribution in [3.05, 3.63) is 12.2 Å². The Morgan fingerprint density at radius 3 is 2.33 bits per heavy atom. The molecule has 2 fully saturated rings. The third-order valence-corrected chi connectivity index (χ3v) is 4.61. The first-order valence-corrected chi connectivity index (χ1v) is 7.73. The summed E-state index contributed by atoms with van der Waals surface area (Å²) in [6.45, 7) is 16.2. The van der Waals surface area contributed by atoms with E-state index < -0.39 is 0 Å². The van der Waals surface area contributed by atoms with Crippen LogP contribution in [0.15, 0.2) is 12.2 Å². The second kappa shape index (κ2) is 6.21. The molecule has 2 aliphatic rings. The van der Waals surface area contributed by atoms with Gasteiger partial charge in [0.2, 0.25) is 0 Å². The summed E-state index contributed by atoms with van der Waals surface area (Å²) in [6, 6.07) is 0. The minimum atomic E-state index is 0.692. The molecule has 18 heavy (non-hydrogen) atoms. The van der Waals surface area contributed by atoms with E-state index in [-0.39, 0.29) is 0 Å². The van der Waals surface area contributed by atoms with E-state index in [9.17, 15) is 0 Å². The van der Waals surface area contributed by atoms with Crippen molar-refractivity contribution in [1.82, 2.24) is 9.80 Å². The SMILES string of the molecule is C=C(C)CN1CCC2(CC1)CN(CCCCC)C2. The molecule has 0 aromatic rings. The average molecular weight is 250 g/mol. The lowest BCUT2D eigenvalue weighted by Crippen LogP contribution is -2.60. The number of nitrogens with zero attached hydrogens (tertiary/aromatic N) is 2. The minimum Gasteiger partial charge on any atom is -0.302 e. The van der Waals surface area contributed by atoms with E-state index in [0.29, 0.717) is 5.41 Å². The van der Waals surface area contributed by atoms with Crippen LogP contribution >= 0.6 is 0 Å². The van der Waals surface area contributed by atoms with Crippen molar-refractivity contribution < 1.29 is 0 Å². The Morgan fingerprint density at radius 1 is 1.11 bits per heavy atom. The number of hydrogen-bond donors (Lipinski definition) is 0. The molecule has 0 N–H and O–H groups in total. The summed E-state index contributed by atoms with van der Waals surface area (Å²) in [5.74, 6) is 0. The van der Waals surface area contributed by atoms with Crippen molar-refractivity contribution in [2.45, 2.75) is 46.0 Å². The summed E-state index contributed by atoms with van der Waals surface area (Å²) in [4.78, 5) is 5.25. The lowest BCUT2D eigenvalue weighted by molar-refractivity contribution is -0.0452. The summed E-state index contributed by atoms with van der Waals surface area (Å²) in [5, 5.41) is 0. The van der Waals surface area contributed by atoms with Crippen LogP contribution in [-0.4, -0.2) is 49.1 Å². The van der Waals surface area contributed by atoms with Gasteiger partial charge in [-0.2, -0.15) is 0 Å². The second-order valence-electron chi connectivity index (χ2n) is 6.65. The number of piperidine rings is 1. The summed E-state index contributed by atoms with van der Waals surface area (Å²) < 4.78 is 0. The number of unbranched alkanes of at least 4 members (excludes halogenated alkanes) is 2. The number of rotatable bonds is 6. The molecule has 0 aliphatic carbocycles. The first kappa shape index (κ1) is 14.1. The van der Waals surface area contributed by atoms with E-state index in [1.807, 2.05) is 0 Å². The Balaban J connectivity index is 1.64. The van der Waals surface area contributed by atoms with Crippen LogP contribution in [0.3, 0.4) is 0 Å². The standard InChI is InChI=1S/C16H30N2/c1-4-5-6-9-18-13-16(14-18)7-10-17(11-8-16)12-15(2)3/h2,4-14H2,1,3H3. The number of hydrogen-bond acceptors (Lipinski definition) is 2. The molecule has 2 rings (SSSR count). The van der Waals surface area contributed by atoms with Gasteiger partial charge in [0, 0.05) is 19.6 Å². The van der Waals surface area contributed by atoms with Gasteiger partial charge in [-0.15, -0.1) is 0 Å². The van der Waals surface area contributed by atoms with E-state index in [0.717, 1.165) is 6.54 Å². The van der Waals surface area contributed by atoms with Gasteiger partial charge in [-0.1, -0.05) is 31.9 Å². The highest BCUT2D eigenvalue weighted by Gasteiger charge is 2.43. The van der Waals surface area contributed by atoms with Crippen LogP contribution in [0.5, 0.6) is 0 Å². The van der Waals surface area contributed by atoms with Gasteiger partial charge in [-0.3, -0.25) is 4.90 Å². The van der Waals surface area contributed by atoms with Crippen molar-refractivity contribution in [3.8, 4) is 0 Å². The Bertz CT molecular complexity index is 269. The molecule has 0 unspecified atom stereocenters. The van der Waals surface area contributed by atoms with Gasteiger partial charge in [0.15, 0.2) is 0 Å². The monoisotopic (exact) mass is 250 g/mol. The molecular formula is C16H30N2. The van der Waals surface area contributed by atoms with Crippen LogP contribution in [0.25, 0.3) is 0 Å². The Kier molecular flexibility index (Phi) is 4.85. The lowest BCUT2D eigenvalue weighted by atomic mass is 9.72. The van der Waals surface area contributed by atoms with Gasteiger partial charge in [-0.25, -0.2) is 0 Å². The van der Waals surface area contributed by atoms with E-state index >= 15 is 0 Å². The zero-order valence-corrected chi connectivity index (χ0v) is 12.4.